The van der Waals surface area contributed by atoms with Crippen LogP contribution in [0.3, 0.4) is 0 Å². The summed E-state index contributed by atoms with van der Waals surface area (Å²) >= 11 is 0. The van der Waals surface area contributed by atoms with Gasteiger partial charge in [0.1, 0.15) is 11.6 Å². The Bertz CT molecular complexity index is 505. The van der Waals surface area contributed by atoms with Crippen molar-refractivity contribution in [2.75, 3.05) is 26.2 Å². The predicted molar refractivity (Wildman–Crippen MR) is 84.0 cm³/mol. The number of hydrogen-bond acceptors (Lipinski definition) is 3. The van der Waals surface area contributed by atoms with E-state index in [1.54, 1.807) is 0 Å². The van der Waals surface area contributed by atoms with Crippen LogP contribution in [-0.2, 0) is 11.2 Å². The molecule has 23 heavy (non-hydrogen) atoms. The van der Waals surface area contributed by atoms with E-state index in [-0.39, 0.29) is 30.5 Å². The second-order valence-electron chi connectivity index (χ2n) is 5.95. The van der Waals surface area contributed by atoms with Gasteiger partial charge in [0, 0.05) is 18.2 Å². The Morgan fingerprint density at radius 1 is 1.30 bits per heavy atom. The van der Waals surface area contributed by atoms with Crippen LogP contribution in [0.4, 0.5) is 8.78 Å². The molecule has 6 heteroatoms. The van der Waals surface area contributed by atoms with Crippen LogP contribution in [0, 0.1) is 11.6 Å². The lowest BCUT2D eigenvalue weighted by Crippen LogP contribution is -2.33. The lowest BCUT2D eigenvalue weighted by Gasteiger charge is -2.22. The van der Waals surface area contributed by atoms with Crippen molar-refractivity contribution in [1.29, 1.82) is 0 Å². The summed E-state index contributed by atoms with van der Waals surface area (Å²) in [6.07, 6.45) is 3.61. The van der Waals surface area contributed by atoms with Gasteiger partial charge in [0.15, 0.2) is 0 Å². The van der Waals surface area contributed by atoms with Crippen LogP contribution in [0.5, 0.6) is 0 Å². The third-order valence-electron chi connectivity index (χ3n) is 4.30. The summed E-state index contributed by atoms with van der Waals surface area (Å²) in [7, 11) is 0. The molecular weight excluding hydrogens is 302 g/mol. The fourth-order valence-electron chi connectivity index (χ4n) is 2.99. The second kappa shape index (κ2) is 8.93. The molecule has 1 heterocycles. The Morgan fingerprint density at radius 2 is 2.04 bits per heavy atom. The molecule has 1 unspecified atom stereocenters. The van der Waals surface area contributed by atoms with Crippen molar-refractivity contribution in [1.82, 2.24) is 10.2 Å². The first kappa shape index (κ1) is 17.8. The summed E-state index contributed by atoms with van der Waals surface area (Å²) in [5.41, 5.74) is -0.187. The zero-order valence-corrected chi connectivity index (χ0v) is 13.2. The number of likely N-dealkylation sites (tertiary alicyclic amines) is 1. The monoisotopic (exact) mass is 326 g/mol. The van der Waals surface area contributed by atoms with Crippen LogP contribution in [0.1, 0.15) is 31.2 Å². The number of rotatable bonds is 8. The van der Waals surface area contributed by atoms with Crippen molar-refractivity contribution < 1.29 is 18.7 Å². The molecule has 1 aliphatic rings. The Balaban J connectivity index is 1.63. The maximum absolute atomic E-state index is 13.5. The zero-order chi connectivity index (χ0) is 16.7. The third kappa shape index (κ3) is 5.25. The Kier molecular flexibility index (Phi) is 6.92. The van der Waals surface area contributed by atoms with Crippen molar-refractivity contribution >= 4 is 5.91 Å². The number of carbonyl (C=O) groups is 1. The van der Waals surface area contributed by atoms with Crippen LogP contribution in [0.2, 0.25) is 0 Å². The largest absolute Gasteiger partial charge is 0.395 e. The number of amides is 1. The number of hydrogen-bond donors (Lipinski definition) is 2. The molecular formula is C17H24F2N2O2. The van der Waals surface area contributed by atoms with E-state index in [4.69, 9.17) is 0 Å². The predicted octanol–water partition coefficient (Wildman–Crippen LogP) is 1.86. The van der Waals surface area contributed by atoms with Gasteiger partial charge in [-0.05, 0) is 50.9 Å². The Morgan fingerprint density at radius 3 is 2.74 bits per heavy atom. The average molecular weight is 326 g/mol. The number of carbonyl (C=O) groups excluding carboxylic acids is 1. The molecule has 4 nitrogen and oxygen atoms in total. The van der Waals surface area contributed by atoms with Crippen molar-refractivity contribution in [2.45, 2.75) is 38.1 Å². The molecule has 0 aromatic heterocycles. The standard InChI is InChI=1S/C17H24F2N2O2/c18-15-6-3-7-16(19)14(15)11-17(23)20-8-1-2-9-21-10-4-5-13(21)12-22/h3,6-7,13,22H,1-2,4-5,8-12H2,(H,20,23). The normalized spacial score (nSPS) is 18.3. The van der Waals surface area contributed by atoms with E-state index in [2.05, 4.69) is 10.2 Å². The van der Waals surface area contributed by atoms with Gasteiger partial charge in [0.25, 0.3) is 0 Å². The van der Waals surface area contributed by atoms with Crippen LogP contribution < -0.4 is 5.32 Å². The molecule has 2 N–H and O–H groups in total. The van der Waals surface area contributed by atoms with E-state index in [0.29, 0.717) is 6.54 Å². The van der Waals surface area contributed by atoms with E-state index in [1.165, 1.54) is 6.07 Å². The summed E-state index contributed by atoms with van der Waals surface area (Å²) in [6.45, 7) is 2.62. The topological polar surface area (TPSA) is 52.6 Å². The van der Waals surface area contributed by atoms with Crippen LogP contribution in [0.25, 0.3) is 0 Å². The van der Waals surface area contributed by atoms with E-state index in [1.807, 2.05) is 0 Å². The molecule has 0 bridgehead atoms. The first-order valence-electron chi connectivity index (χ1n) is 8.16. The smallest absolute Gasteiger partial charge is 0.224 e. The number of benzene rings is 1. The van der Waals surface area contributed by atoms with Crippen LogP contribution >= 0.6 is 0 Å². The fraction of sp³-hybridized carbons (Fsp3) is 0.588. The van der Waals surface area contributed by atoms with Gasteiger partial charge in [-0.3, -0.25) is 9.69 Å². The lowest BCUT2D eigenvalue weighted by molar-refractivity contribution is -0.120. The average Bonchev–Trinajstić information content (AvgIpc) is 2.98. The zero-order valence-electron chi connectivity index (χ0n) is 13.2. The number of unbranched alkanes of at least 4 members (excludes halogenated alkanes) is 1. The summed E-state index contributed by atoms with van der Waals surface area (Å²) in [5, 5.41) is 11.9. The first-order valence-corrected chi connectivity index (χ1v) is 8.16. The molecule has 0 aliphatic carbocycles. The molecule has 1 atom stereocenters. The number of nitrogens with one attached hydrogen (secondary N) is 1. The SMILES string of the molecule is O=C(Cc1c(F)cccc1F)NCCCCN1CCCC1CO. The van der Waals surface area contributed by atoms with E-state index < -0.39 is 11.6 Å². The van der Waals surface area contributed by atoms with Gasteiger partial charge in [-0.25, -0.2) is 8.78 Å². The maximum atomic E-state index is 13.5. The molecule has 1 saturated heterocycles. The molecule has 2 rings (SSSR count). The highest BCUT2D eigenvalue weighted by molar-refractivity contribution is 5.78. The van der Waals surface area contributed by atoms with Crippen LogP contribution in [-0.4, -0.2) is 48.2 Å². The molecule has 1 aromatic rings. The van der Waals surface area contributed by atoms with Gasteiger partial charge in [-0.1, -0.05) is 6.07 Å². The van der Waals surface area contributed by atoms with Crippen molar-refractivity contribution in [3.63, 3.8) is 0 Å². The summed E-state index contributed by atoms with van der Waals surface area (Å²) in [6, 6.07) is 3.86. The van der Waals surface area contributed by atoms with Gasteiger partial charge in [0.05, 0.1) is 13.0 Å². The number of nitrogens with zero attached hydrogens (tertiary/aromatic N) is 1. The lowest BCUT2D eigenvalue weighted by atomic mass is 10.1. The number of halogens is 2. The van der Waals surface area contributed by atoms with Gasteiger partial charge < -0.3 is 10.4 Å². The summed E-state index contributed by atoms with van der Waals surface area (Å²) in [5.74, 6) is -1.75. The van der Waals surface area contributed by atoms with Gasteiger partial charge >= 0.3 is 0 Å². The maximum Gasteiger partial charge on any atom is 0.224 e. The molecule has 0 saturated carbocycles. The second-order valence-corrected chi connectivity index (χ2v) is 5.95. The summed E-state index contributed by atoms with van der Waals surface area (Å²) < 4.78 is 26.9. The van der Waals surface area contributed by atoms with Gasteiger partial charge in [0.2, 0.25) is 5.91 Å². The molecule has 0 radical (unpaired) electrons. The molecule has 1 aliphatic heterocycles. The number of aliphatic hydroxyl groups is 1. The van der Waals surface area contributed by atoms with Crippen molar-refractivity contribution in [2.24, 2.45) is 0 Å². The van der Waals surface area contributed by atoms with E-state index in [9.17, 15) is 18.7 Å². The van der Waals surface area contributed by atoms with Crippen molar-refractivity contribution in [3.05, 3.63) is 35.4 Å². The molecule has 1 fully saturated rings. The first-order chi connectivity index (χ1) is 11.1. The van der Waals surface area contributed by atoms with Gasteiger partial charge in [-0.2, -0.15) is 0 Å². The third-order valence-corrected chi connectivity index (χ3v) is 4.30. The molecule has 0 spiro atoms. The minimum atomic E-state index is -0.691. The Labute approximate surface area is 135 Å². The van der Waals surface area contributed by atoms with Crippen LogP contribution in [0.15, 0.2) is 18.2 Å². The highest BCUT2D eigenvalue weighted by Gasteiger charge is 2.22. The van der Waals surface area contributed by atoms with E-state index in [0.717, 1.165) is 50.9 Å². The number of aliphatic hydroxyl groups excluding tert-OH is 1. The van der Waals surface area contributed by atoms with Gasteiger partial charge in [-0.15, -0.1) is 0 Å². The molecule has 128 valence electrons. The highest BCUT2D eigenvalue weighted by atomic mass is 19.1. The minimum absolute atomic E-state index is 0.187. The van der Waals surface area contributed by atoms with E-state index >= 15 is 0 Å². The molecule has 1 amide bonds. The Hall–Kier alpha value is -1.53. The molecule has 1 aromatic carbocycles. The minimum Gasteiger partial charge on any atom is -0.395 e. The highest BCUT2D eigenvalue weighted by Crippen LogP contribution is 2.17. The summed E-state index contributed by atoms with van der Waals surface area (Å²) in [4.78, 5) is 14.0. The quantitative estimate of drug-likeness (QED) is 0.717. The van der Waals surface area contributed by atoms with Crippen molar-refractivity contribution in [3.8, 4) is 0 Å². The fourth-order valence-corrected chi connectivity index (χ4v) is 2.99.